The molecular formula is C11H18N4O2. The summed E-state index contributed by atoms with van der Waals surface area (Å²) in [5.74, 6) is 1.31. The van der Waals surface area contributed by atoms with E-state index in [1.807, 2.05) is 0 Å². The minimum absolute atomic E-state index is 0.213. The van der Waals surface area contributed by atoms with Crippen LogP contribution in [0, 0.1) is 0 Å². The third-order valence-electron chi connectivity index (χ3n) is 2.96. The Morgan fingerprint density at radius 1 is 1.41 bits per heavy atom. The number of aryl methyl sites for hydroxylation is 1. The summed E-state index contributed by atoms with van der Waals surface area (Å²) in [4.78, 5) is 10.3. The fourth-order valence-corrected chi connectivity index (χ4v) is 2.06. The molecule has 0 amide bonds. The van der Waals surface area contributed by atoms with E-state index in [1.54, 1.807) is 0 Å². The second kappa shape index (κ2) is 5.77. The van der Waals surface area contributed by atoms with Crippen LogP contribution in [0.3, 0.4) is 0 Å². The SMILES string of the molecule is O=C(O)CCCNCc1nnc2n1CCCC2. The average molecular weight is 238 g/mol. The van der Waals surface area contributed by atoms with Gasteiger partial charge in [-0.1, -0.05) is 0 Å². The van der Waals surface area contributed by atoms with Gasteiger partial charge in [-0.25, -0.2) is 0 Å². The first kappa shape index (κ1) is 12.0. The Bertz CT molecular complexity index is 389. The number of carbonyl (C=O) groups is 1. The fourth-order valence-electron chi connectivity index (χ4n) is 2.06. The Morgan fingerprint density at radius 3 is 3.12 bits per heavy atom. The normalized spacial score (nSPS) is 14.6. The van der Waals surface area contributed by atoms with E-state index in [0.29, 0.717) is 19.5 Å². The van der Waals surface area contributed by atoms with Gasteiger partial charge in [-0.05, 0) is 25.8 Å². The van der Waals surface area contributed by atoms with E-state index in [0.717, 1.165) is 24.6 Å². The van der Waals surface area contributed by atoms with Crippen molar-refractivity contribution in [3.8, 4) is 0 Å². The van der Waals surface area contributed by atoms with Gasteiger partial charge in [0.25, 0.3) is 0 Å². The zero-order chi connectivity index (χ0) is 12.1. The van der Waals surface area contributed by atoms with Gasteiger partial charge in [0.1, 0.15) is 11.6 Å². The summed E-state index contributed by atoms with van der Waals surface area (Å²) >= 11 is 0. The Kier molecular flexibility index (Phi) is 4.08. The predicted octanol–water partition coefficient (Wildman–Crippen LogP) is 0.569. The molecule has 0 saturated heterocycles. The van der Waals surface area contributed by atoms with Crippen LogP contribution in [0.2, 0.25) is 0 Å². The van der Waals surface area contributed by atoms with Crippen molar-refractivity contribution < 1.29 is 9.90 Å². The molecule has 17 heavy (non-hydrogen) atoms. The van der Waals surface area contributed by atoms with E-state index >= 15 is 0 Å². The molecule has 0 saturated carbocycles. The molecule has 0 bridgehead atoms. The van der Waals surface area contributed by atoms with Gasteiger partial charge in [-0.15, -0.1) is 10.2 Å². The molecule has 2 rings (SSSR count). The molecule has 0 spiro atoms. The minimum Gasteiger partial charge on any atom is -0.481 e. The van der Waals surface area contributed by atoms with Crippen molar-refractivity contribution in [3.63, 3.8) is 0 Å². The zero-order valence-corrected chi connectivity index (χ0v) is 9.85. The number of aliphatic carboxylic acids is 1. The smallest absolute Gasteiger partial charge is 0.303 e. The molecule has 0 atom stereocenters. The van der Waals surface area contributed by atoms with Crippen molar-refractivity contribution in [2.45, 2.75) is 45.2 Å². The molecule has 1 aliphatic heterocycles. The summed E-state index contributed by atoms with van der Waals surface area (Å²) in [5, 5.41) is 20.0. The highest BCUT2D eigenvalue weighted by atomic mass is 16.4. The van der Waals surface area contributed by atoms with Crippen molar-refractivity contribution in [1.29, 1.82) is 0 Å². The third kappa shape index (κ3) is 3.26. The summed E-state index contributed by atoms with van der Waals surface area (Å²) in [5.41, 5.74) is 0. The number of rotatable bonds is 6. The highest BCUT2D eigenvalue weighted by molar-refractivity contribution is 5.66. The molecule has 1 aromatic heterocycles. The second-order valence-corrected chi connectivity index (χ2v) is 4.32. The van der Waals surface area contributed by atoms with E-state index in [9.17, 15) is 4.79 Å². The van der Waals surface area contributed by atoms with Crippen molar-refractivity contribution in [2.24, 2.45) is 0 Å². The lowest BCUT2D eigenvalue weighted by Crippen LogP contribution is -2.21. The maximum Gasteiger partial charge on any atom is 0.303 e. The van der Waals surface area contributed by atoms with Crippen LogP contribution in [0.5, 0.6) is 0 Å². The largest absolute Gasteiger partial charge is 0.481 e. The molecule has 2 N–H and O–H groups in total. The molecule has 0 aliphatic carbocycles. The molecule has 1 aromatic rings. The van der Waals surface area contributed by atoms with Gasteiger partial charge < -0.3 is 15.0 Å². The van der Waals surface area contributed by atoms with E-state index < -0.39 is 5.97 Å². The lowest BCUT2D eigenvalue weighted by Gasteiger charge is -2.14. The van der Waals surface area contributed by atoms with E-state index in [-0.39, 0.29) is 6.42 Å². The van der Waals surface area contributed by atoms with Gasteiger partial charge in [-0.2, -0.15) is 0 Å². The van der Waals surface area contributed by atoms with Crippen LogP contribution in [0.4, 0.5) is 0 Å². The number of fused-ring (bicyclic) bond motifs is 1. The van der Waals surface area contributed by atoms with Crippen LogP contribution in [-0.2, 0) is 24.3 Å². The topological polar surface area (TPSA) is 80.0 Å². The molecule has 0 unspecified atom stereocenters. The highest BCUT2D eigenvalue weighted by Gasteiger charge is 2.14. The summed E-state index contributed by atoms with van der Waals surface area (Å²) in [6, 6.07) is 0. The lowest BCUT2D eigenvalue weighted by atomic mass is 10.2. The monoisotopic (exact) mass is 238 g/mol. The standard InChI is InChI=1S/C11H18N4O2/c16-11(17)5-3-6-12-8-10-14-13-9-4-1-2-7-15(9)10/h12H,1-8H2,(H,16,17). The van der Waals surface area contributed by atoms with Crippen LogP contribution in [-0.4, -0.2) is 32.4 Å². The number of nitrogens with zero attached hydrogens (tertiary/aromatic N) is 3. The maximum absolute atomic E-state index is 10.3. The predicted molar refractivity (Wildman–Crippen MR) is 61.5 cm³/mol. The van der Waals surface area contributed by atoms with E-state index in [4.69, 9.17) is 5.11 Å². The van der Waals surface area contributed by atoms with Crippen LogP contribution < -0.4 is 5.32 Å². The highest BCUT2D eigenvalue weighted by Crippen LogP contribution is 2.13. The van der Waals surface area contributed by atoms with Crippen LogP contribution in [0.25, 0.3) is 0 Å². The number of aromatic nitrogens is 3. The Balaban J connectivity index is 1.75. The van der Waals surface area contributed by atoms with Crippen molar-refractivity contribution >= 4 is 5.97 Å². The number of carboxylic acid groups (broad SMARTS) is 1. The lowest BCUT2D eigenvalue weighted by molar-refractivity contribution is -0.137. The molecule has 0 fully saturated rings. The fraction of sp³-hybridized carbons (Fsp3) is 0.727. The van der Waals surface area contributed by atoms with Gasteiger partial charge in [0.2, 0.25) is 0 Å². The third-order valence-corrected chi connectivity index (χ3v) is 2.96. The average Bonchev–Trinajstić information content (AvgIpc) is 2.72. The first-order chi connectivity index (χ1) is 8.27. The van der Waals surface area contributed by atoms with Gasteiger partial charge in [0.15, 0.2) is 0 Å². The van der Waals surface area contributed by atoms with E-state index in [1.165, 1.54) is 12.8 Å². The minimum atomic E-state index is -0.744. The first-order valence-corrected chi connectivity index (χ1v) is 6.11. The Labute approximate surface area is 100 Å². The Hall–Kier alpha value is -1.43. The molecule has 0 radical (unpaired) electrons. The quantitative estimate of drug-likeness (QED) is 0.708. The van der Waals surface area contributed by atoms with Crippen molar-refractivity contribution in [1.82, 2.24) is 20.1 Å². The zero-order valence-electron chi connectivity index (χ0n) is 9.85. The van der Waals surface area contributed by atoms with Crippen LogP contribution in [0.15, 0.2) is 0 Å². The van der Waals surface area contributed by atoms with Gasteiger partial charge in [0, 0.05) is 19.4 Å². The van der Waals surface area contributed by atoms with Crippen molar-refractivity contribution in [3.05, 3.63) is 11.6 Å². The molecule has 6 nitrogen and oxygen atoms in total. The molecular weight excluding hydrogens is 220 g/mol. The van der Waals surface area contributed by atoms with Gasteiger partial charge in [0.05, 0.1) is 6.54 Å². The summed E-state index contributed by atoms with van der Waals surface area (Å²) < 4.78 is 2.17. The second-order valence-electron chi connectivity index (χ2n) is 4.32. The molecule has 6 heteroatoms. The summed E-state index contributed by atoms with van der Waals surface area (Å²) in [7, 11) is 0. The molecule has 2 heterocycles. The number of carboxylic acids is 1. The summed E-state index contributed by atoms with van der Waals surface area (Å²) in [6.07, 6.45) is 4.27. The van der Waals surface area contributed by atoms with Crippen molar-refractivity contribution in [2.75, 3.05) is 6.54 Å². The van der Waals surface area contributed by atoms with Gasteiger partial charge >= 0.3 is 5.97 Å². The number of nitrogens with one attached hydrogen (secondary N) is 1. The van der Waals surface area contributed by atoms with Crippen LogP contribution >= 0.6 is 0 Å². The number of hydrogen-bond acceptors (Lipinski definition) is 4. The molecule has 0 aromatic carbocycles. The maximum atomic E-state index is 10.3. The molecule has 1 aliphatic rings. The number of hydrogen-bond donors (Lipinski definition) is 2. The summed E-state index contributed by atoms with van der Waals surface area (Å²) in [6.45, 7) is 2.38. The van der Waals surface area contributed by atoms with E-state index in [2.05, 4.69) is 20.1 Å². The van der Waals surface area contributed by atoms with Crippen LogP contribution in [0.1, 0.15) is 37.3 Å². The molecule has 94 valence electrons. The van der Waals surface area contributed by atoms with Gasteiger partial charge in [-0.3, -0.25) is 4.79 Å². The first-order valence-electron chi connectivity index (χ1n) is 6.11. The Morgan fingerprint density at radius 2 is 2.29 bits per heavy atom.